The molecule has 1 aromatic rings. The fraction of sp³-hybridized carbons (Fsp3) is 0.357. The molecule has 0 unspecified atom stereocenters. The molecule has 0 aliphatic carbocycles. The summed E-state index contributed by atoms with van der Waals surface area (Å²) in [6, 6.07) is 1.97. The minimum absolute atomic E-state index is 0.144. The Morgan fingerprint density at radius 3 is 2.52 bits per heavy atom. The highest BCUT2D eigenvalue weighted by Crippen LogP contribution is 2.38. The first kappa shape index (κ1) is 17.4. The lowest BCUT2D eigenvalue weighted by Crippen LogP contribution is -2.07. The molecule has 0 spiro atoms. The minimum atomic E-state index is -4.53. The van der Waals surface area contributed by atoms with Crippen LogP contribution in [0.4, 0.5) is 13.2 Å². The number of carbonyl (C=O) groups excluding carboxylic acids is 1. The Bertz CT molecular complexity index is 565. The van der Waals surface area contributed by atoms with Crippen molar-refractivity contribution in [1.29, 1.82) is 0 Å². The number of halogens is 4. The normalized spacial score (nSPS) is 12.2. The molecule has 7 heteroatoms. The maximum absolute atomic E-state index is 12.7. The summed E-state index contributed by atoms with van der Waals surface area (Å²) in [5.74, 6) is -0.260. The van der Waals surface area contributed by atoms with E-state index in [9.17, 15) is 18.0 Å². The summed E-state index contributed by atoms with van der Waals surface area (Å²) in [6.45, 7) is 4.82. The van der Waals surface area contributed by atoms with Crippen LogP contribution in [0.3, 0.4) is 0 Å². The van der Waals surface area contributed by atoms with Gasteiger partial charge < -0.3 is 9.47 Å². The predicted octanol–water partition coefficient (Wildman–Crippen LogP) is 4.51. The fourth-order valence-corrected chi connectivity index (χ4v) is 1.80. The van der Waals surface area contributed by atoms with Crippen molar-refractivity contribution < 1.29 is 27.4 Å². The van der Waals surface area contributed by atoms with Crippen LogP contribution >= 0.6 is 11.6 Å². The first-order chi connectivity index (χ1) is 9.65. The van der Waals surface area contributed by atoms with Crippen LogP contribution in [0.25, 0.3) is 0 Å². The van der Waals surface area contributed by atoms with Gasteiger partial charge in [-0.05, 0) is 32.4 Å². The highest BCUT2D eigenvalue weighted by atomic mass is 35.5. The number of aryl methyl sites for hydroxylation is 1. The molecule has 1 rings (SSSR count). The van der Waals surface area contributed by atoms with Gasteiger partial charge in [0.15, 0.2) is 0 Å². The van der Waals surface area contributed by atoms with Crippen molar-refractivity contribution >= 4 is 17.6 Å². The molecule has 0 saturated heterocycles. The number of carbonyl (C=O) groups is 1. The molecule has 0 aliphatic heterocycles. The smallest absolute Gasteiger partial charge is 0.417 e. The number of alkyl halides is 3. The summed E-state index contributed by atoms with van der Waals surface area (Å²) < 4.78 is 48.1. The Balaban J connectivity index is 3.01. The van der Waals surface area contributed by atoms with E-state index in [0.29, 0.717) is 0 Å². The largest absolute Gasteiger partial charge is 0.463 e. The molecule has 0 aromatic heterocycles. The zero-order valence-corrected chi connectivity index (χ0v) is 12.4. The van der Waals surface area contributed by atoms with E-state index >= 15 is 0 Å². The molecule has 21 heavy (non-hydrogen) atoms. The first-order valence-corrected chi connectivity index (χ1v) is 6.43. The number of allylic oxidation sites excluding steroid dienone is 1. The molecular weight excluding hydrogens is 309 g/mol. The van der Waals surface area contributed by atoms with Crippen molar-refractivity contribution in [3.63, 3.8) is 0 Å². The van der Waals surface area contributed by atoms with Crippen LogP contribution in [0.1, 0.15) is 25.0 Å². The number of hydrogen-bond donors (Lipinski definition) is 0. The predicted molar refractivity (Wildman–Crippen MR) is 72.2 cm³/mol. The molecule has 0 amide bonds. The summed E-state index contributed by atoms with van der Waals surface area (Å²) >= 11 is 5.61. The van der Waals surface area contributed by atoms with E-state index in [1.165, 1.54) is 13.8 Å². The molecule has 0 N–H and O–H groups in total. The van der Waals surface area contributed by atoms with Crippen molar-refractivity contribution in [1.82, 2.24) is 0 Å². The number of ether oxygens (including phenoxy) is 2. The number of hydrogen-bond acceptors (Lipinski definition) is 3. The van der Waals surface area contributed by atoms with Crippen molar-refractivity contribution in [3.8, 4) is 5.75 Å². The lowest BCUT2D eigenvalue weighted by molar-refractivity contribution is -0.138. The second-order valence-corrected chi connectivity index (χ2v) is 4.61. The van der Waals surface area contributed by atoms with Crippen LogP contribution in [0.5, 0.6) is 5.75 Å². The summed E-state index contributed by atoms with van der Waals surface area (Å²) in [6.07, 6.45) is -3.43. The maximum atomic E-state index is 12.7. The molecule has 116 valence electrons. The number of benzene rings is 1. The van der Waals surface area contributed by atoms with Crippen LogP contribution in [0, 0.1) is 6.92 Å². The second-order valence-electron chi connectivity index (χ2n) is 4.20. The molecule has 1 aromatic carbocycles. The monoisotopic (exact) mass is 322 g/mol. The molecule has 0 saturated carbocycles. The van der Waals surface area contributed by atoms with Gasteiger partial charge in [0.1, 0.15) is 11.5 Å². The Morgan fingerprint density at radius 2 is 2.00 bits per heavy atom. The average molecular weight is 323 g/mol. The van der Waals surface area contributed by atoms with Crippen molar-refractivity contribution in [3.05, 3.63) is 40.1 Å². The van der Waals surface area contributed by atoms with Gasteiger partial charge in [0.2, 0.25) is 0 Å². The standard InChI is InChI=1S/C14H14ClF3O3/c1-4-20-13(19)6-9(3)21-12-7-11(15)10(5-8(12)2)14(16,17)18/h5-7H,4H2,1-3H3/b9-6+. The third kappa shape index (κ3) is 4.97. The highest BCUT2D eigenvalue weighted by molar-refractivity contribution is 6.31. The molecule has 0 radical (unpaired) electrons. The van der Waals surface area contributed by atoms with E-state index in [1.54, 1.807) is 6.92 Å². The summed E-state index contributed by atoms with van der Waals surface area (Å²) in [5, 5.41) is -0.466. The third-order valence-corrected chi connectivity index (χ3v) is 2.76. The van der Waals surface area contributed by atoms with Gasteiger partial charge in [0, 0.05) is 6.07 Å². The third-order valence-electron chi connectivity index (χ3n) is 2.45. The Morgan fingerprint density at radius 1 is 1.38 bits per heavy atom. The average Bonchev–Trinajstić information content (AvgIpc) is 2.31. The molecule has 0 aliphatic rings. The van der Waals surface area contributed by atoms with Gasteiger partial charge >= 0.3 is 12.1 Å². The summed E-state index contributed by atoms with van der Waals surface area (Å²) in [7, 11) is 0. The van der Waals surface area contributed by atoms with E-state index in [-0.39, 0.29) is 23.7 Å². The molecule has 3 nitrogen and oxygen atoms in total. The fourth-order valence-electron chi connectivity index (χ4n) is 1.54. The van der Waals surface area contributed by atoms with Gasteiger partial charge in [0.05, 0.1) is 23.3 Å². The van der Waals surface area contributed by atoms with E-state index in [4.69, 9.17) is 21.1 Å². The second kappa shape index (κ2) is 6.85. The Kier molecular flexibility index (Phi) is 5.66. The van der Waals surface area contributed by atoms with Gasteiger partial charge in [-0.15, -0.1) is 0 Å². The van der Waals surface area contributed by atoms with Crippen molar-refractivity contribution in [2.24, 2.45) is 0 Å². The first-order valence-electron chi connectivity index (χ1n) is 6.05. The van der Waals surface area contributed by atoms with E-state index in [0.717, 1.165) is 18.2 Å². The van der Waals surface area contributed by atoms with Crippen molar-refractivity contribution in [2.45, 2.75) is 26.9 Å². The van der Waals surface area contributed by atoms with Gasteiger partial charge in [0.25, 0.3) is 0 Å². The minimum Gasteiger partial charge on any atom is -0.463 e. The van der Waals surface area contributed by atoms with Gasteiger partial charge in [-0.3, -0.25) is 0 Å². The molecule has 0 heterocycles. The van der Waals surface area contributed by atoms with E-state index < -0.39 is 22.7 Å². The lowest BCUT2D eigenvalue weighted by atomic mass is 10.1. The van der Waals surface area contributed by atoms with Crippen molar-refractivity contribution in [2.75, 3.05) is 6.61 Å². The maximum Gasteiger partial charge on any atom is 0.417 e. The number of esters is 1. The van der Waals surface area contributed by atoms with Crippen LogP contribution in [-0.2, 0) is 15.7 Å². The Labute approximate surface area is 125 Å². The summed E-state index contributed by atoms with van der Waals surface area (Å²) in [4.78, 5) is 11.2. The quantitative estimate of drug-likeness (QED) is 0.465. The van der Waals surface area contributed by atoms with Gasteiger partial charge in [-0.1, -0.05) is 11.6 Å². The van der Waals surface area contributed by atoms with E-state index in [2.05, 4.69) is 0 Å². The topological polar surface area (TPSA) is 35.5 Å². The molecular formula is C14H14ClF3O3. The van der Waals surface area contributed by atoms with Crippen LogP contribution in [-0.4, -0.2) is 12.6 Å². The zero-order valence-electron chi connectivity index (χ0n) is 11.7. The SMILES string of the molecule is CCOC(=O)/C=C(\C)Oc1cc(Cl)c(C(F)(F)F)cc1C. The van der Waals surface area contributed by atoms with Crippen LogP contribution in [0.15, 0.2) is 24.0 Å². The molecule has 0 atom stereocenters. The molecule has 0 bridgehead atoms. The van der Waals surface area contributed by atoms with E-state index in [1.807, 2.05) is 0 Å². The van der Waals surface area contributed by atoms with Crippen LogP contribution in [0.2, 0.25) is 5.02 Å². The highest BCUT2D eigenvalue weighted by Gasteiger charge is 2.33. The summed E-state index contributed by atoms with van der Waals surface area (Å²) in [5.41, 5.74) is -0.677. The molecule has 0 fully saturated rings. The lowest BCUT2D eigenvalue weighted by Gasteiger charge is -2.14. The Hall–Kier alpha value is -1.69. The van der Waals surface area contributed by atoms with Gasteiger partial charge in [-0.2, -0.15) is 13.2 Å². The van der Waals surface area contributed by atoms with Gasteiger partial charge in [-0.25, -0.2) is 4.79 Å². The zero-order chi connectivity index (χ0) is 16.2. The number of rotatable bonds is 4. The van der Waals surface area contributed by atoms with Crippen LogP contribution < -0.4 is 4.74 Å².